The summed E-state index contributed by atoms with van der Waals surface area (Å²) in [7, 11) is 0. The number of aryl methyl sites for hydroxylation is 1. The normalized spacial score (nSPS) is 16.4. The Labute approximate surface area is 153 Å². The number of rotatable bonds is 4. The molecule has 2 N–H and O–H groups in total. The van der Waals surface area contributed by atoms with Gasteiger partial charge < -0.3 is 4.90 Å². The highest BCUT2D eigenvalue weighted by molar-refractivity contribution is 6.33. The first-order valence-corrected chi connectivity index (χ1v) is 8.83. The molecule has 5 nitrogen and oxygen atoms in total. The Hall–Kier alpha value is -2.27. The lowest BCUT2D eigenvalue weighted by atomic mass is 9.79. The van der Waals surface area contributed by atoms with Crippen molar-refractivity contribution < 1.29 is 4.79 Å². The van der Waals surface area contributed by atoms with E-state index in [4.69, 9.17) is 11.6 Å². The van der Waals surface area contributed by atoms with Crippen molar-refractivity contribution in [3.05, 3.63) is 53.3 Å². The lowest BCUT2D eigenvalue weighted by Crippen LogP contribution is -2.48. The molecule has 0 aliphatic carbocycles. The molecule has 132 valence electrons. The van der Waals surface area contributed by atoms with Crippen LogP contribution in [0.4, 0.5) is 11.4 Å². The summed E-state index contributed by atoms with van der Waals surface area (Å²) in [6, 6.07) is 9.69. The standard InChI is InChI=1S/C19H23ClN4O/c1-14-3-4-17(16(20)13-14)22-23-18(25)19(2)7-11-24(12-8-19)15-5-9-21-10-6-15/h3-6,9-10,13,22H,7-8,11-12H2,1-2H3,(H,23,25). The van der Waals surface area contributed by atoms with Crippen molar-refractivity contribution in [2.24, 2.45) is 5.41 Å². The molecular formula is C19H23ClN4O. The van der Waals surface area contributed by atoms with Crippen LogP contribution in [0.3, 0.4) is 0 Å². The van der Waals surface area contributed by atoms with Crippen LogP contribution in [0.2, 0.25) is 5.02 Å². The molecule has 2 aromatic rings. The molecule has 3 rings (SSSR count). The van der Waals surface area contributed by atoms with Crippen LogP contribution in [0.5, 0.6) is 0 Å². The quantitative estimate of drug-likeness (QED) is 0.816. The summed E-state index contributed by atoms with van der Waals surface area (Å²) >= 11 is 6.19. The third kappa shape index (κ3) is 4.04. The number of hydrazine groups is 1. The minimum absolute atomic E-state index is 0.00137. The van der Waals surface area contributed by atoms with Crippen LogP contribution in [0, 0.1) is 12.3 Å². The van der Waals surface area contributed by atoms with Crippen LogP contribution < -0.4 is 15.8 Å². The van der Waals surface area contributed by atoms with E-state index in [0.717, 1.165) is 37.2 Å². The molecule has 0 radical (unpaired) electrons. The SMILES string of the molecule is Cc1ccc(NNC(=O)C2(C)CCN(c3ccncc3)CC2)c(Cl)c1. The summed E-state index contributed by atoms with van der Waals surface area (Å²) in [6.07, 6.45) is 5.19. The van der Waals surface area contributed by atoms with E-state index < -0.39 is 5.41 Å². The fraction of sp³-hybridized carbons (Fsp3) is 0.368. The van der Waals surface area contributed by atoms with E-state index in [0.29, 0.717) is 10.7 Å². The van der Waals surface area contributed by atoms with E-state index in [1.54, 1.807) is 12.4 Å². The van der Waals surface area contributed by atoms with Crippen molar-refractivity contribution in [1.29, 1.82) is 0 Å². The number of nitrogens with one attached hydrogen (secondary N) is 2. The van der Waals surface area contributed by atoms with Gasteiger partial charge in [-0.2, -0.15) is 0 Å². The summed E-state index contributed by atoms with van der Waals surface area (Å²) in [4.78, 5) is 19.0. The van der Waals surface area contributed by atoms with Gasteiger partial charge in [-0.3, -0.25) is 20.6 Å². The van der Waals surface area contributed by atoms with E-state index in [9.17, 15) is 4.79 Å². The maximum atomic E-state index is 12.7. The molecule has 1 saturated heterocycles. The van der Waals surface area contributed by atoms with Crippen molar-refractivity contribution in [3.8, 4) is 0 Å². The van der Waals surface area contributed by atoms with Gasteiger partial charge in [0.2, 0.25) is 5.91 Å². The predicted molar refractivity (Wildman–Crippen MR) is 102 cm³/mol. The number of amides is 1. The van der Waals surface area contributed by atoms with Crippen molar-refractivity contribution in [1.82, 2.24) is 10.4 Å². The van der Waals surface area contributed by atoms with Gasteiger partial charge in [0.25, 0.3) is 0 Å². The molecule has 1 amide bonds. The zero-order valence-corrected chi connectivity index (χ0v) is 15.3. The first-order valence-electron chi connectivity index (χ1n) is 8.45. The Morgan fingerprint density at radius 3 is 2.52 bits per heavy atom. The van der Waals surface area contributed by atoms with Gasteiger partial charge >= 0.3 is 0 Å². The van der Waals surface area contributed by atoms with Crippen molar-refractivity contribution in [3.63, 3.8) is 0 Å². The van der Waals surface area contributed by atoms with Gasteiger partial charge in [0.05, 0.1) is 16.1 Å². The Balaban J connectivity index is 1.57. The largest absolute Gasteiger partial charge is 0.371 e. The first kappa shape index (κ1) is 17.5. The number of halogens is 1. The van der Waals surface area contributed by atoms with Gasteiger partial charge in [-0.15, -0.1) is 0 Å². The maximum absolute atomic E-state index is 12.7. The van der Waals surface area contributed by atoms with Crippen molar-refractivity contribution in [2.45, 2.75) is 26.7 Å². The summed E-state index contributed by atoms with van der Waals surface area (Å²) in [5.74, 6) is -0.00137. The molecule has 1 fully saturated rings. The highest BCUT2D eigenvalue weighted by Crippen LogP contribution is 2.33. The molecule has 0 spiro atoms. The van der Waals surface area contributed by atoms with Gasteiger partial charge in [-0.1, -0.05) is 24.6 Å². The lowest BCUT2D eigenvalue weighted by molar-refractivity contribution is -0.130. The van der Waals surface area contributed by atoms with Gasteiger partial charge in [-0.05, 0) is 49.6 Å². The Morgan fingerprint density at radius 2 is 1.88 bits per heavy atom. The third-order valence-electron chi connectivity index (χ3n) is 4.88. The van der Waals surface area contributed by atoms with Crippen LogP contribution in [-0.4, -0.2) is 24.0 Å². The predicted octanol–water partition coefficient (Wildman–Crippen LogP) is 3.79. The number of pyridine rings is 1. The molecule has 6 heteroatoms. The summed E-state index contributed by atoms with van der Waals surface area (Å²) < 4.78 is 0. The molecular weight excluding hydrogens is 336 g/mol. The van der Waals surface area contributed by atoms with E-state index in [-0.39, 0.29) is 5.91 Å². The van der Waals surface area contributed by atoms with E-state index in [1.165, 1.54) is 0 Å². The highest BCUT2D eigenvalue weighted by Gasteiger charge is 2.37. The Morgan fingerprint density at radius 1 is 1.20 bits per heavy atom. The Bertz CT molecular complexity index is 742. The van der Waals surface area contributed by atoms with Crippen LogP contribution in [0.15, 0.2) is 42.7 Å². The summed E-state index contributed by atoms with van der Waals surface area (Å²) in [6.45, 7) is 5.69. The average molecular weight is 359 g/mol. The topological polar surface area (TPSA) is 57.3 Å². The molecule has 1 aliphatic rings. The number of anilines is 2. The van der Waals surface area contributed by atoms with Crippen LogP contribution in [0.25, 0.3) is 0 Å². The molecule has 1 aliphatic heterocycles. The highest BCUT2D eigenvalue weighted by atomic mass is 35.5. The molecule has 0 bridgehead atoms. The average Bonchev–Trinajstić information content (AvgIpc) is 2.62. The zero-order chi connectivity index (χ0) is 17.9. The van der Waals surface area contributed by atoms with Crippen LogP contribution in [0.1, 0.15) is 25.3 Å². The number of carbonyl (C=O) groups is 1. The molecule has 25 heavy (non-hydrogen) atoms. The molecule has 0 unspecified atom stereocenters. The number of hydrogen-bond acceptors (Lipinski definition) is 4. The van der Waals surface area contributed by atoms with Gasteiger partial charge in [-0.25, -0.2) is 0 Å². The summed E-state index contributed by atoms with van der Waals surface area (Å²) in [5.41, 5.74) is 8.32. The van der Waals surface area contributed by atoms with Crippen molar-refractivity contribution >= 4 is 28.9 Å². The molecule has 0 saturated carbocycles. The van der Waals surface area contributed by atoms with E-state index in [2.05, 4.69) is 20.7 Å². The first-order chi connectivity index (χ1) is 12.0. The number of piperidine rings is 1. The number of carbonyl (C=O) groups excluding carboxylic acids is 1. The van der Waals surface area contributed by atoms with Gasteiger partial charge in [0.1, 0.15) is 0 Å². The molecule has 0 atom stereocenters. The zero-order valence-electron chi connectivity index (χ0n) is 14.6. The van der Waals surface area contributed by atoms with Crippen LogP contribution in [-0.2, 0) is 4.79 Å². The smallest absolute Gasteiger partial charge is 0.244 e. The number of benzene rings is 1. The second-order valence-electron chi connectivity index (χ2n) is 6.82. The van der Waals surface area contributed by atoms with Crippen LogP contribution >= 0.6 is 11.6 Å². The number of aromatic nitrogens is 1. The molecule has 1 aromatic carbocycles. The number of nitrogens with zero attached hydrogens (tertiary/aromatic N) is 2. The maximum Gasteiger partial charge on any atom is 0.244 e. The van der Waals surface area contributed by atoms with E-state index in [1.807, 2.05) is 44.2 Å². The van der Waals surface area contributed by atoms with Gasteiger partial charge in [0, 0.05) is 31.2 Å². The molecule has 1 aromatic heterocycles. The minimum Gasteiger partial charge on any atom is -0.371 e. The summed E-state index contributed by atoms with van der Waals surface area (Å²) in [5, 5.41) is 0.595. The lowest BCUT2D eigenvalue weighted by Gasteiger charge is -2.39. The Kier molecular flexibility index (Phi) is 5.13. The fourth-order valence-electron chi connectivity index (χ4n) is 3.04. The second kappa shape index (κ2) is 7.31. The second-order valence-corrected chi connectivity index (χ2v) is 7.22. The minimum atomic E-state index is -0.395. The number of hydrogen-bond donors (Lipinski definition) is 2. The fourth-order valence-corrected chi connectivity index (χ4v) is 3.32. The van der Waals surface area contributed by atoms with Crippen molar-refractivity contribution in [2.75, 3.05) is 23.4 Å². The molecule has 2 heterocycles. The van der Waals surface area contributed by atoms with Gasteiger partial charge in [0.15, 0.2) is 0 Å². The third-order valence-corrected chi connectivity index (χ3v) is 5.19. The monoisotopic (exact) mass is 358 g/mol. The van der Waals surface area contributed by atoms with E-state index >= 15 is 0 Å².